The summed E-state index contributed by atoms with van der Waals surface area (Å²) in [5.41, 5.74) is 3.10. The maximum absolute atomic E-state index is 12.0. The molecular formula is C18H17NO4. The van der Waals surface area contributed by atoms with E-state index < -0.39 is 5.97 Å². The summed E-state index contributed by atoms with van der Waals surface area (Å²) < 4.78 is 15.9. The second-order valence-corrected chi connectivity index (χ2v) is 5.45. The summed E-state index contributed by atoms with van der Waals surface area (Å²) in [6.07, 6.45) is 0. The molecule has 0 spiro atoms. The Bertz CT molecular complexity index is 827. The van der Waals surface area contributed by atoms with Gasteiger partial charge in [-0.15, -0.1) is 0 Å². The van der Waals surface area contributed by atoms with E-state index >= 15 is 0 Å². The van der Waals surface area contributed by atoms with E-state index in [2.05, 4.69) is 5.16 Å². The van der Waals surface area contributed by atoms with Crippen molar-refractivity contribution in [2.75, 3.05) is 0 Å². The fourth-order valence-corrected chi connectivity index (χ4v) is 2.28. The summed E-state index contributed by atoms with van der Waals surface area (Å²) in [6, 6.07) is 11.4. The molecule has 0 aliphatic rings. The van der Waals surface area contributed by atoms with Crippen LogP contribution in [0.5, 0.6) is 0 Å². The highest BCUT2D eigenvalue weighted by atomic mass is 16.5. The van der Waals surface area contributed by atoms with Gasteiger partial charge in [0.05, 0.1) is 0 Å². The van der Waals surface area contributed by atoms with Crippen molar-refractivity contribution < 1.29 is 18.5 Å². The van der Waals surface area contributed by atoms with Gasteiger partial charge in [-0.25, -0.2) is 4.79 Å². The molecule has 0 radical (unpaired) electrons. The maximum atomic E-state index is 12.0. The van der Waals surface area contributed by atoms with Crippen molar-refractivity contribution in [3.63, 3.8) is 0 Å². The number of esters is 1. The molecule has 5 heteroatoms. The van der Waals surface area contributed by atoms with Crippen LogP contribution < -0.4 is 0 Å². The Balaban J connectivity index is 1.66. The molecule has 1 aromatic carbocycles. The van der Waals surface area contributed by atoms with Gasteiger partial charge in [-0.2, -0.15) is 0 Å². The van der Waals surface area contributed by atoms with E-state index in [9.17, 15) is 4.79 Å². The third-order valence-electron chi connectivity index (χ3n) is 3.51. The van der Waals surface area contributed by atoms with E-state index in [1.807, 2.05) is 31.2 Å². The minimum absolute atomic E-state index is 0.0534. The molecule has 0 aliphatic carbocycles. The number of hydrogen-bond acceptors (Lipinski definition) is 5. The van der Waals surface area contributed by atoms with Gasteiger partial charge >= 0.3 is 5.97 Å². The lowest BCUT2D eigenvalue weighted by molar-refractivity contribution is 0.0462. The number of rotatable bonds is 4. The zero-order chi connectivity index (χ0) is 16.4. The predicted molar refractivity (Wildman–Crippen MR) is 84.0 cm³/mol. The highest BCUT2D eigenvalue weighted by molar-refractivity contribution is 5.90. The Labute approximate surface area is 133 Å². The van der Waals surface area contributed by atoms with Gasteiger partial charge in [-0.1, -0.05) is 35.0 Å². The molecular weight excluding hydrogens is 294 g/mol. The van der Waals surface area contributed by atoms with Gasteiger partial charge in [-0.3, -0.25) is 0 Å². The molecule has 0 saturated carbocycles. The molecule has 0 amide bonds. The van der Waals surface area contributed by atoms with Gasteiger partial charge in [0.1, 0.15) is 29.4 Å². The second kappa shape index (κ2) is 6.12. The molecule has 0 saturated heterocycles. The normalized spacial score (nSPS) is 10.7. The molecule has 5 nitrogen and oxygen atoms in total. The second-order valence-electron chi connectivity index (χ2n) is 5.45. The molecule has 0 fully saturated rings. The molecule has 0 N–H and O–H groups in total. The summed E-state index contributed by atoms with van der Waals surface area (Å²) in [5, 5.41) is 3.93. The van der Waals surface area contributed by atoms with Crippen LogP contribution in [-0.4, -0.2) is 11.1 Å². The van der Waals surface area contributed by atoms with E-state index in [1.54, 1.807) is 26.0 Å². The van der Waals surface area contributed by atoms with E-state index in [0.29, 0.717) is 28.5 Å². The molecule has 0 bridgehead atoms. The molecule has 118 valence electrons. The van der Waals surface area contributed by atoms with Gasteiger partial charge in [-0.05, 0) is 26.8 Å². The number of hydrogen-bond donors (Lipinski definition) is 0. The smallest absolute Gasteiger partial charge is 0.342 e. The number of carbonyl (C=O) groups is 1. The van der Waals surface area contributed by atoms with Gasteiger partial charge in [0.2, 0.25) is 0 Å². The minimum Gasteiger partial charge on any atom is -0.466 e. The highest BCUT2D eigenvalue weighted by Crippen LogP contribution is 2.21. The lowest BCUT2D eigenvalue weighted by Gasteiger charge is -2.00. The van der Waals surface area contributed by atoms with Crippen molar-refractivity contribution in [2.24, 2.45) is 0 Å². The number of nitrogens with zero attached hydrogens (tertiary/aromatic N) is 1. The van der Waals surface area contributed by atoms with Crippen LogP contribution in [0, 0.1) is 20.8 Å². The number of aryl methyl sites for hydroxylation is 3. The first-order valence-corrected chi connectivity index (χ1v) is 7.30. The Hall–Kier alpha value is -2.82. The molecule has 0 atom stereocenters. The first kappa shape index (κ1) is 15.1. The van der Waals surface area contributed by atoms with Gasteiger partial charge in [0.25, 0.3) is 0 Å². The summed E-state index contributed by atoms with van der Waals surface area (Å²) in [5.74, 6) is 1.44. The minimum atomic E-state index is -0.431. The average molecular weight is 311 g/mol. The van der Waals surface area contributed by atoms with Crippen LogP contribution in [0.1, 0.15) is 33.1 Å². The van der Waals surface area contributed by atoms with Crippen molar-refractivity contribution in [3.05, 3.63) is 64.7 Å². The first-order valence-electron chi connectivity index (χ1n) is 7.30. The average Bonchev–Trinajstić information content (AvgIpc) is 3.12. The SMILES string of the molecule is Cc1ccc(-c2cc(COC(=O)c3cc(C)oc3C)no2)cc1. The largest absolute Gasteiger partial charge is 0.466 e. The van der Waals surface area contributed by atoms with E-state index in [1.165, 1.54) is 5.56 Å². The summed E-state index contributed by atoms with van der Waals surface area (Å²) in [4.78, 5) is 12.0. The van der Waals surface area contributed by atoms with Crippen molar-refractivity contribution in [1.82, 2.24) is 5.16 Å². The standard InChI is InChI=1S/C18H17NO4/c1-11-4-6-14(7-5-11)17-9-15(19-23-17)10-21-18(20)16-8-12(2)22-13(16)3/h4-9H,10H2,1-3H3. The zero-order valence-corrected chi connectivity index (χ0v) is 13.3. The summed E-state index contributed by atoms with van der Waals surface area (Å²) in [7, 11) is 0. The zero-order valence-electron chi connectivity index (χ0n) is 13.3. The molecule has 0 unspecified atom stereocenters. The van der Waals surface area contributed by atoms with Gasteiger partial charge in [0, 0.05) is 11.6 Å². The number of aromatic nitrogens is 1. The van der Waals surface area contributed by atoms with Crippen LogP contribution in [0.2, 0.25) is 0 Å². The van der Waals surface area contributed by atoms with Crippen molar-refractivity contribution in [3.8, 4) is 11.3 Å². The summed E-state index contributed by atoms with van der Waals surface area (Å²) in [6.45, 7) is 5.59. The Morgan fingerprint density at radius 3 is 2.52 bits per heavy atom. The fourth-order valence-electron chi connectivity index (χ4n) is 2.28. The third kappa shape index (κ3) is 3.34. The first-order chi connectivity index (χ1) is 11.0. The summed E-state index contributed by atoms with van der Waals surface area (Å²) >= 11 is 0. The molecule has 0 aliphatic heterocycles. The Kier molecular flexibility index (Phi) is 4.02. The third-order valence-corrected chi connectivity index (χ3v) is 3.51. The Morgan fingerprint density at radius 1 is 1.13 bits per heavy atom. The topological polar surface area (TPSA) is 65.5 Å². The van der Waals surface area contributed by atoms with E-state index in [4.69, 9.17) is 13.7 Å². The van der Waals surface area contributed by atoms with Crippen LogP contribution in [-0.2, 0) is 11.3 Å². The number of carbonyl (C=O) groups excluding carboxylic acids is 1. The monoisotopic (exact) mass is 311 g/mol. The van der Waals surface area contributed by atoms with Crippen molar-refractivity contribution in [2.45, 2.75) is 27.4 Å². The fraction of sp³-hybridized carbons (Fsp3) is 0.222. The van der Waals surface area contributed by atoms with Crippen LogP contribution in [0.4, 0.5) is 0 Å². The molecule has 2 heterocycles. The van der Waals surface area contributed by atoms with E-state index in [-0.39, 0.29) is 6.61 Å². The van der Waals surface area contributed by atoms with Crippen molar-refractivity contribution in [1.29, 1.82) is 0 Å². The van der Waals surface area contributed by atoms with Crippen LogP contribution in [0.3, 0.4) is 0 Å². The Morgan fingerprint density at radius 2 is 1.87 bits per heavy atom. The molecule has 3 aromatic rings. The predicted octanol–water partition coefficient (Wildman–Crippen LogP) is 4.22. The lowest BCUT2D eigenvalue weighted by atomic mass is 10.1. The van der Waals surface area contributed by atoms with Gasteiger partial charge < -0.3 is 13.7 Å². The number of benzene rings is 1. The van der Waals surface area contributed by atoms with Gasteiger partial charge in [0.15, 0.2) is 5.76 Å². The molecule has 3 rings (SSSR count). The molecule has 23 heavy (non-hydrogen) atoms. The lowest BCUT2D eigenvalue weighted by Crippen LogP contribution is -2.05. The van der Waals surface area contributed by atoms with Crippen LogP contribution in [0.15, 0.2) is 45.3 Å². The van der Waals surface area contributed by atoms with E-state index in [0.717, 1.165) is 5.56 Å². The molecule has 2 aromatic heterocycles. The number of furan rings is 1. The number of ether oxygens (including phenoxy) is 1. The van der Waals surface area contributed by atoms with Crippen LogP contribution >= 0.6 is 0 Å². The van der Waals surface area contributed by atoms with Crippen LogP contribution in [0.25, 0.3) is 11.3 Å². The quantitative estimate of drug-likeness (QED) is 0.675. The van der Waals surface area contributed by atoms with Crippen molar-refractivity contribution >= 4 is 5.97 Å². The highest BCUT2D eigenvalue weighted by Gasteiger charge is 2.16. The maximum Gasteiger partial charge on any atom is 0.342 e.